The van der Waals surface area contributed by atoms with Crippen LogP contribution in [0.4, 0.5) is 0 Å². The third-order valence-electron chi connectivity index (χ3n) is 1.35. The first kappa shape index (κ1) is 6.55. The van der Waals surface area contributed by atoms with Gasteiger partial charge in [-0.05, 0) is 12.8 Å². The summed E-state index contributed by atoms with van der Waals surface area (Å²) in [5.41, 5.74) is 4.92. The third kappa shape index (κ3) is 3.08. The molecule has 1 rings (SSSR count). The Kier molecular flexibility index (Phi) is 2.05. The van der Waals surface area contributed by atoms with E-state index in [1.54, 1.807) is 0 Å². The van der Waals surface area contributed by atoms with E-state index >= 15 is 0 Å². The van der Waals surface area contributed by atoms with Crippen molar-refractivity contribution >= 4 is 5.91 Å². The second-order valence-electron chi connectivity index (χ2n) is 2.31. The molecule has 3 nitrogen and oxygen atoms in total. The predicted octanol–water partition coefficient (Wildman–Crippen LogP) is 0.0408. The van der Waals surface area contributed by atoms with Crippen molar-refractivity contribution in [1.29, 1.82) is 0 Å². The molecule has 0 aromatic rings. The van der Waals surface area contributed by atoms with Gasteiger partial charge in [-0.15, -0.1) is 0 Å². The highest BCUT2D eigenvalue weighted by Gasteiger charge is 2.21. The summed E-state index contributed by atoms with van der Waals surface area (Å²) in [5.74, 6) is -0.212. The molecule has 0 bridgehead atoms. The van der Waals surface area contributed by atoms with Crippen LogP contribution in [0.2, 0.25) is 0 Å². The molecule has 0 aromatic carbocycles. The van der Waals surface area contributed by atoms with Crippen LogP contribution in [0.25, 0.3) is 0 Å². The molecule has 0 saturated carbocycles. The van der Waals surface area contributed by atoms with Crippen molar-refractivity contribution in [3.63, 3.8) is 0 Å². The Bertz CT molecular complexity index is 110. The Morgan fingerprint density at radius 2 is 2.44 bits per heavy atom. The molecule has 1 aliphatic rings. The highest BCUT2D eigenvalue weighted by atomic mass is 16.6. The largest absolute Gasteiger partial charge is 0.373 e. The molecule has 1 aliphatic heterocycles. The maximum absolute atomic E-state index is 10.2. The van der Waals surface area contributed by atoms with Crippen molar-refractivity contribution in [2.75, 3.05) is 6.61 Å². The van der Waals surface area contributed by atoms with Gasteiger partial charge in [-0.2, -0.15) is 0 Å². The number of carbonyl (C=O) groups is 1. The molecule has 9 heavy (non-hydrogen) atoms. The normalized spacial score (nSPS) is 23.8. The van der Waals surface area contributed by atoms with Crippen LogP contribution in [0, 0.1) is 0 Å². The van der Waals surface area contributed by atoms with E-state index in [4.69, 9.17) is 10.5 Å². The van der Waals surface area contributed by atoms with Crippen LogP contribution in [-0.4, -0.2) is 18.6 Å². The number of ether oxygens (including phenoxy) is 1. The fourth-order valence-corrected chi connectivity index (χ4v) is 0.739. The van der Waals surface area contributed by atoms with Gasteiger partial charge in [-0.1, -0.05) is 0 Å². The minimum atomic E-state index is -0.212. The first-order chi connectivity index (χ1) is 4.29. The SMILES string of the molecule is NC(=O)CCCC1CO1. The number of carbonyl (C=O) groups excluding carboxylic acids is 1. The molecular weight excluding hydrogens is 118 g/mol. The number of primary amides is 1. The van der Waals surface area contributed by atoms with E-state index in [0.717, 1.165) is 19.4 Å². The van der Waals surface area contributed by atoms with Crippen LogP contribution in [-0.2, 0) is 9.53 Å². The molecule has 1 unspecified atom stereocenters. The van der Waals surface area contributed by atoms with Gasteiger partial charge in [0.15, 0.2) is 0 Å². The summed E-state index contributed by atoms with van der Waals surface area (Å²) >= 11 is 0. The lowest BCUT2D eigenvalue weighted by atomic mass is 10.2. The molecule has 1 heterocycles. The number of rotatable bonds is 4. The molecule has 52 valence electrons. The van der Waals surface area contributed by atoms with E-state index < -0.39 is 0 Å². The highest BCUT2D eigenvalue weighted by molar-refractivity contribution is 5.73. The van der Waals surface area contributed by atoms with Crippen LogP contribution >= 0.6 is 0 Å². The van der Waals surface area contributed by atoms with Gasteiger partial charge in [0.05, 0.1) is 12.7 Å². The molecule has 3 heteroatoms. The zero-order chi connectivity index (χ0) is 6.69. The van der Waals surface area contributed by atoms with E-state index in [-0.39, 0.29) is 5.91 Å². The van der Waals surface area contributed by atoms with Gasteiger partial charge >= 0.3 is 0 Å². The Labute approximate surface area is 54.2 Å². The molecule has 2 N–H and O–H groups in total. The summed E-state index contributed by atoms with van der Waals surface area (Å²) in [4.78, 5) is 10.2. The van der Waals surface area contributed by atoms with E-state index in [9.17, 15) is 4.79 Å². The van der Waals surface area contributed by atoms with Crippen LogP contribution in [0.5, 0.6) is 0 Å². The number of hydrogen-bond donors (Lipinski definition) is 1. The van der Waals surface area contributed by atoms with Gasteiger partial charge in [0, 0.05) is 6.42 Å². The van der Waals surface area contributed by atoms with Crippen LogP contribution in [0.3, 0.4) is 0 Å². The van der Waals surface area contributed by atoms with Gasteiger partial charge in [0.1, 0.15) is 0 Å². The monoisotopic (exact) mass is 129 g/mol. The average Bonchev–Trinajstić information content (AvgIpc) is 2.48. The number of epoxide rings is 1. The molecule has 0 aliphatic carbocycles. The van der Waals surface area contributed by atoms with Crippen molar-refractivity contribution in [2.45, 2.75) is 25.4 Å². The summed E-state index contributed by atoms with van der Waals surface area (Å²) in [7, 11) is 0. The molecule has 1 saturated heterocycles. The predicted molar refractivity (Wildman–Crippen MR) is 32.8 cm³/mol. The number of nitrogens with two attached hydrogens (primary N) is 1. The molecule has 1 atom stereocenters. The lowest BCUT2D eigenvalue weighted by molar-refractivity contribution is -0.118. The first-order valence-electron chi connectivity index (χ1n) is 3.19. The first-order valence-corrected chi connectivity index (χ1v) is 3.19. The van der Waals surface area contributed by atoms with Crippen LogP contribution in [0.1, 0.15) is 19.3 Å². The molecule has 0 aromatic heterocycles. The fraction of sp³-hybridized carbons (Fsp3) is 0.833. The summed E-state index contributed by atoms with van der Waals surface area (Å²) < 4.78 is 4.94. The van der Waals surface area contributed by atoms with Crippen LogP contribution in [0.15, 0.2) is 0 Å². The smallest absolute Gasteiger partial charge is 0.217 e. The molecule has 1 fully saturated rings. The van der Waals surface area contributed by atoms with Gasteiger partial charge in [-0.3, -0.25) is 4.79 Å². The molecule has 0 radical (unpaired) electrons. The minimum absolute atomic E-state index is 0.212. The quantitative estimate of drug-likeness (QED) is 0.545. The fourth-order valence-electron chi connectivity index (χ4n) is 0.739. The number of amides is 1. The van der Waals surface area contributed by atoms with E-state index in [1.165, 1.54) is 0 Å². The second-order valence-corrected chi connectivity index (χ2v) is 2.31. The number of hydrogen-bond acceptors (Lipinski definition) is 2. The Morgan fingerprint density at radius 1 is 1.78 bits per heavy atom. The lowest BCUT2D eigenvalue weighted by Crippen LogP contribution is -2.09. The van der Waals surface area contributed by atoms with Crippen molar-refractivity contribution in [1.82, 2.24) is 0 Å². The van der Waals surface area contributed by atoms with Crippen LogP contribution < -0.4 is 5.73 Å². The third-order valence-corrected chi connectivity index (χ3v) is 1.35. The van der Waals surface area contributed by atoms with Crippen molar-refractivity contribution in [2.24, 2.45) is 5.73 Å². The summed E-state index contributed by atoms with van der Waals surface area (Å²) in [6.07, 6.45) is 2.80. The Morgan fingerprint density at radius 3 is 2.89 bits per heavy atom. The van der Waals surface area contributed by atoms with Gasteiger partial charge in [0.25, 0.3) is 0 Å². The standard InChI is InChI=1S/C6H11NO2/c7-6(8)3-1-2-5-4-9-5/h5H,1-4H2,(H2,7,8). The molecule has 0 spiro atoms. The highest BCUT2D eigenvalue weighted by Crippen LogP contribution is 2.15. The van der Waals surface area contributed by atoms with E-state index in [2.05, 4.69) is 0 Å². The lowest BCUT2D eigenvalue weighted by Gasteiger charge is -1.90. The van der Waals surface area contributed by atoms with Gasteiger partial charge < -0.3 is 10.5 Å². The van der Waals surface area contributed by atoms with Crippen molar-refractivity contribution in [3.8, 4) is 0 Å². The van der Waals surface area contributed by atoms with E-state index in [0.29, 0.717) is 12.5 Å². The topological polar surface area (TPSA) is 55.6 Å². The summed E-state index contributed by atoms with van der Waals surface area (Å²) in [6.45, 7) is 0.874. The maximum Gasteiger partial charge on any atom is 0.217 e. The van der Waals surface area contributed by atoms with Gasteiger partial charge in [0.2, 0.25) is 5.91 Å². The van der Waals surface area contributed by atoms with Crippen molar-refractivity contribution < 1.29 is 9.53 Å². The summed E-state index contributed by atoms with van der Waals surface area (Å²) in [6, 6.07) is 0. The Hall–Kier alpha value is -0.570. The zero-order valence-electron chi connectivity index (χ0n) is 5.30. The maximum atomic E-state index is 10.2. The van der Waals surface area contributed by atoms with Crippen molar-refractivity contribution in [3.05, 3.63) is 0 Å². The summed E-state index contributed by atoms with van der Waals surface area (Å²) in [5, 5.41) is 0. The minimum Gasteiger partial charge on any atom is -0.373 e. The second kappa shape index (κ2) is 2.82. The Balaban J connectivity index is 1.86. The van der Waals surface area contributed by atoms with Gasteiger partial charge in [-0.25, -0.2) is 0 Å². The average molecular weight is 129 g/mol. The molecular formula is C6H11NO2. The molecule has 1 amide bonds. The van der Waals surface area contributed by atoms with E-state index in [1.807, 2.05) is 0 Å². The zero-order valence-corrected chi connectivity index (χ0v) is 5.30.